The fourth-order valence-corrected chi connectivity index (χ4v) is 3.38. The molecule has 116 valence electrons. The van der Waals surface area contributed by atoms with E-state index in [9.17, 15) is 0 Å². The molecule has 1 unspecified atom stereocenters. The normalized spacial score (nSPS) is 24.5. The first kappa shape index (κ1) is 19.0. The van der Waals surface area contributed by atoms with Crippen molar-refractivity contribution in [3.8, 4) is 0 Å². The number of hydrogen-bond acceptors (Lipinski definition) is 0. The summed E-state index contributed by atoms with van der Waals surface area (Å²) in [6.07, 6.45) is 16.3. The van der Waals surface area contributed by atoms with Gasteiger partial charge in [0.1, 0.15) is 0 Å². The molecule has 1 saturated carbocycles. The van der Waals surface area contributed by atoms with Crippen LogP contribution in [0.4, 0.5) is 0 Å². The Morgan fingerprint density at radius 2 is 1.37 bits per heavy atom. The summed E-state index contributed by atoms with van der Waals surface area (Å²) >= 11 is 0. The fourth-order valence-electron chi connectivity index (χ4n) is 3.38. The van der Waals surface area contributed by atoms with E-state index in [4.69, 9.17) is 0 Å². The van der Waals surface area contributed by atoms with Crippen molar-refractivity contribution in [1.82, 2.24) is 0 Å². The summed E-state index contributed by atoms with van der Waals surface area (Å²) in [4.78, 5) is 0. The van der Waals surface area contributed by atoms with Gasteiger partial charge >= 0.3 is 0 Å². The Kier molecular flexibility index (Phi) is 13.0. The maximum Gasteiger partial charge on any atom is -0.0414 e. The molecule has 0 heterocycles. The highest BCUT2D eigenvalue weighted by Gasteiger charge is 2.19. The van der Waals surface area contributed by atoms with Crippen LogP contribution in [0, 0.1) is 17.8 Å². The molecule has 1 aliphatic rings. The van der Waals surface area contributed by atoms with Gasteiger partial charge in [0.25, 0.3) is 0 Å². The van der Waals surface area contributed by atoms with Crippen molar-refractivity contribution < 1.29 is 0 Å². The van der Waals surface area contributed by atoms with Crippen LogP contribution >= 0.6 is 0 Å². The van der Waals surface area contributed by atoms with E-state index >= 15 is 0 Å². The smallest absolute Gasteiger partial charge is 0.0414 e. The van der Waals surface area contributed by atoms with E-state index < -0.39 is 0 Å². The summed E-state index contributed by atoms with van der Waals surface area (Å²) in [6, 6.07) is 0. The molecule has 1 fully saturated rings. The zero-order valence-electron chi connectivity index (χ0n) is 14.5. The predicted octanol–water partition coefficient (Wildman–Crippen LogP) is 7.23. The Balaban J connectivity index is 0.00000154. The number of unbranched alkanes of at least 4 members (excludes halogenated alkanes) is 1. The maximum atomic E-state index is 2.45. The minimum atomic E-state index is 0.974. The van der Waals surface area contributed by atoms with Crippen molar-refractivity contribution >= 4 is 0 Å². The Morgan fingerprint density at radius 3 is 1.89 bits per heavy atom. The van der Waals surface area contributed by atoms with Gasteiger partial charge in [0.15, 0.2) is 0 Å². The Hall–Kier alpha value is 0. The van der Waals surface area contributed by atoms with Gasteiger partial charge in [-0.3, -0.25) is 0 Å². The van der Waals surface area contributed by atoms with E-state index in [1.165, 1.54) is 70.6 Å². The summed E-state index contributed by atoms with van der Waals surface area (Å²) in [5, 5.41) is 0. The molecule has 19 heavy (non-hydrogen) atoms. The van der Waals surface area contributed by atoms with E-state index in [0.717, 1.165) is 17.8 Å². The van der Waals surface area contributed by atoms with Crippen LogP contribution in [0.15, 0.2) is 0 Å². The van der Waals surface area contributed by atoms with Crippen LogP contribution in [-0.2, 0) is 0 Å². The molecule has 0 aromatic carbocycles. The van der Waals surface area contributed by atoms with E-state index in [1.54, 1.807) is 0 Å². The molecule has 1 atom stereocenters. The minimum absolute atomic E-state index is 0.974. The van der Waals surface area contributed by atoms with Crippen molar-refractivity contribution in [2.45, 2.75) is 105 Å². The minimum Gasteiger partial charge on any atom is -0.0683 e. The topological polar surface area (TPSA) is 0 Å². The van der Waals surface area contributed by atoms with Gasteiger partial charge in [-0.15, -0.1) is 0 Å². The van der Waals surface area contributed by atoms with Crippen LogP contribution in [0.25, 0.3) is 0 Å². The van der Waals surface area contributed by atoms with Crippen LogP contribution in [0.3, 0.4) is 0 Å². The summed E-state index contributed by atoms with van der Waals surface area (Å²) in [5.41, 5.74) is 0. The second kappa shape index (κ2) is 13.0. The predicted molar refractivity (Wildman–Crippen MR) is 89.6 cm³/mol. The van der Waals surface area contributed by atoms with Crippen LogP contribution in [-0.4, -0.2) is 0 Å². The van der Waals surface area contributed by atoms with Crippen molar-refractivity contribution in [3.05, 3.63) is 0 Å². The molecule has 0 spiro atoms. The third-order valence-electron chi connectivity index (χ3n) is 4.90. The number of hydrogen-bond donors (Lipinski definition) is 0. The van der Waals surface area contributed by atoms with E-state index in [-0.39, 0.29) is 0 Å². The van der Waals surface area contributed by atoms with Crippen molar-refractivity contribution in [3.63, 3.8) is 0 Å². The molecular formula is C19H40. The molecule has 1 aliphatic carbocycles. The SMILES string of the molecule is CC.CCCCC(C)CCCC1CCC(CC)CC1. The Bertz CT molecular complexity index is 165. The number of rotatable bonds is 8. The zero-order chi connectivity index (χ0) is 14.5. The van der Waals surface area contributed by atoms with Gasteiger partial charge in [0.05, 0.1) is 0 Å². The molecule has 0 aliphatic heterocycles. The molecule has 0 N–H and O–H groups in total. The van der Waals surface area contributed by atoms with Crippen molar-refractivity contribution in [2.75, 3.05) is 0 Å². The largest absolute Gasteiger partial charge is 0.0683 e. The molecule has 1 rings (SSSR count). The highest BCUT2D eigenvalue weighted by atomic mass is 14.2. The maximum absolute atomic E-state index is 2.45. The third kappa shape index (κ3) is 9.52. The van der Waals surface area contributed by atoms with Gasteiger partial charge in [0, 0.05) is 0 Å². The second-order valence-electron chi connectivity index (χ2n) is 6.47. The van der Waals surface area contributed by atoms with E-state index in [0.29, 0.717) is 0 Å². The Morgan fingerprint density at radius 1 is 0.842 bits per heavy atom. The van der Waals surface area contributed by atoms with E-state index in [2.05, 4.69) is 20.8 Å². The molecule has 0 aromatic rings. The lowest BCUT2D eigenvalue weighted by Crippen LogP contribution is -2.14. The Labute approximate surface area is 123 Å². The standard InChI is InChI=1S/C17H34.C2H6/c1-4-6-8-15(3)9-7-10-17-13-11-16(5-2)12-14-17;1-2/h15-17H,4-14H2,1-3H3;1-2H3. The molecular weight excluding hydrogens is 228 g/mol. The first-order valence-electron chi connectivity index (χ1n) is 9.26. The molecule has 0 radical (unpaired) electrons. The first-order valence-corrected chi connectivity index (χ1v) is 9.26. The van der Waals surface area contributed by atoms with Crippen LogP contribution in [0.5, 0.6) is 0 Å². The molecule has 0 nitrogen and oxygen atoms in total. The van der Waals surface area contributed by atoms with Crippen molar-refractivity contribution in [1.29, 1.82) is 0 Å². The van der Waals surface area contributed by atoms with Crippen LogP contribution in [0.1, 0.15) is 105 Å². The summed E-state index contributed by atoms with van der Waals surface area (Å²) < 4.78 is 0. The van der Waals surface area contributed by atoms with Crippen LogP contribution in [0.2, 0.25) is 0 Å². The monoisotopic (exact) mass is 268 g/mol. The molecule has 0 heteroatoms. The molecule has 0 aromatic heterocycles. The molecule has 0 saturated heterocycles. The summed E-state index contributed by atoms with van der Waals surface area (Å²) in [6.45, 7) is 11.1. The van der Waals surface area contributed by atoms with Gasteiger partial charge in [-0.2, -0.15) is 0 Å². The lowest BCUT2D eigenvalue weighted by atomic mass is 9.78. The quantitative estimate of drug-likeness (QED) is 0.435. The van der Waals surface area contributed by atoms with Crippen LogP contribution < -0.4 is 0 Å². The van der Waals surface area contributed by atoms with E-state index in [1.807, 2.05) is 13.8 Å². The summed E-state index contributed by atoms with van der Waals surface area (Å²) in [7, 11) is 0. The third-order valence-corrected chi connectivity index (χ3v) is 4.90. The van der Waals surface area contributed by atoms with Gasteiger partial charge < -0.3 is 0 Å². The van der Waals surface area contributed by atoms with Gasteiger partial charge in [0.2, 0.25) is 0 Å². The lowest BCUT2D eigenvalue weighted by Gasteiger charge is -2.28. The van der Waals surface area contributed by atoms with Gasteiger partial charge in [-0.25, -0.2) is 0 Å². The summed E-state index contributed by atoms with van der Waals surface area (Å²) in [5.74, 6) is 3.12. The second-order valence-corrected chi connectivity index (χ2v) is 6.47. The zero-order valence-corrected chi connectivity index (χ0v) is 14.5. The average molecular weight is 269 g/mol. The lowest BCUT2D eigenvalue weighted by molar-refractivity contribution is 0.250. The first-order chi connectivity index (χ1) is 9.26. The van der Waals surface area contributed by atoms with Crippen molar-refractivity contribution in [2.24, 2.45) is 17.8 Å². The van der Waals surface area contributed by atoms with Gasteiger partial charge in [-0.05, 0) is 17.8 Å². The highest BCUT2D eigenvalue weighted by molar-refractivity contribution is 4.72. The molecule has 0 bridgehead atoms. The molecule has 0 amide bonds. The average Bonchev–Trinajstić information content (AvgIpc) is 2.48. The highest BCUT2D eigenvalue weighted by Crippen LogP contribution is 2.33. The fraction of sp³-hybridized carbons (Fsp3) is 1.00. The van der Waals surface area contributed by atoms with Gasteiger partial charge in [-0.1, -0.05) is 105 Å².